The third kappa shape index (κ3) is 5.78. The van der Waals surface area contributed by atoms with Crippen LogP contribution in [0.25, 0.3) is 0 Å². The van der Waals surface area contributed by atoms with Gasteiger partial charge in [-0.05, 0) is 80.1 Å². The largest absolute Gasteiger partial charge is 0.317 e. The number of sulfonamides is 2. The summed E-state index contributed by atoms with van der Waals surface area (Å²) in [5.74, 6) is -0.0143. The van der Waals surface area contributed by atoms with Crippen molar-refractivity contribution in [2.24, 2.45) is 5.92 Å². The van der Waals surface area contributed by atoms with Crippen molar-refractivity contribution in [3.8, 4) is 0 Å². The molecule has 2 aromatic rings. The van der Waals surface area contributed by atoms with Crippen molar-refractivity contribution in [3.63, 3.8) is 0 Å². The molecule has 1 saturated heterocycles. The number of benzene rings is 2. The second-order valence-corrected chi connectivity index (χ2v) is 12.4. The van der Waals surface area contributed by atoms with Crippen LogP contribution < -0.4 is 5.32 Å². The highest BCUT2D eigenvalue weighted by Crippen LogP contribution is 2.28. The Kier molecular flexibility index (Phi) is 8.49. The maximum absolute atomic E-state index is 13.6. The molecule has 0 saturated carbocycles. The summed E-state index contributed by atoms with van der Waals surface area (Å²) in [5, 5.41) is 3.25. The van der Waals surface area contributed by atoms with Gasteiger partial charge in [0, 0.05) is 6.54 Å². The van der Waals surface area contributed by atoms with E-state index < -0.39 is 20.0 Å². The molecule has 0 radical (unpaired) electrons. The first-order valence-corrected chi connectivity index (χ1v) is 14.3. The lowest BCUT2D eigenvalue weighted by Gasteiger charge is -2.29. The van der Waals surface area contributed by atoms with Crippen molar-refractivity contribution >= 4 is 20.0 Å². The van der Waals surface area contributed by atoms with Crippen LogP contribution in [0.4, 0.5) is 0 Å². The normalized spacial score (nSPS) is 15.8. The molecular formula is C24H34N2O4S2. The van der Waals surface area contributed by atoms with Crippen LogP contribution in [0.5, 0.6) is 0 Å². The highest BCUT2D eigenvalue weighted by molar-refractivity contribution is 8.04. The predicted octanol–water partition coefficient (Wildman–Crippen LogP) is 3.97. The van der Waals surface area contributed by atoms with Gasteiger partial charge in [-0.15, -0.1) is 0 Å². The lowest BCUT2D eigenvalue weighted by atomic mass is 9.99. The van der Waals surface area contributed by atoms with E-state index in [9.17, 15) is 16.8 Å². The van der Waals surface area contributed by atoms with Gasteiger partial charge in [0.25, 0.3) is 20.0 Å². The Morgan fingerprint density at radius 2 is 1.16 bits per heavy atom. The third-order valence-electron chi connectivity index (χ3n) is 5.92. The van der Waals surface area contributed by atoms with Gasteiger partial charge in [-0.2, -0.15) is 0 Å². The average molecular weight is 479 g/mol. The number of rotatable bonds is 10. The molecule has 0 unspecified atom stereocenters. The second-order valence-electron chi connectivity index (χ2n) is 8.45. The highest BCUT2D eigenvalue weighted by Gasteiger charge is 2.38. The van der Waals surface area contributed by atoms with Crippen molar-refractivity contribution < 1.29 is 16.8 Å². The predicted molar refractivity (Wildman–Crippen MR) is 128 cm³/mol. The van der Waals surface area contributed by atoms with Gasteiger partial charge in [-0.3, -0.25) is 0 Å². The van der Waals surface area contributed by atoms with Gasteiger partial charge < -0.3 is 5.32 Å². The molecule has 0 spiro atoms. The van der Waals surface area contributed by atoms with Crippen molar-refractivity contribution in [1.82, 2.24) is 9.03 Å². The molecule has 176 valence electrons. The maximum Gasteiger partial charge on any atom is 0.256 e. The summed E-state index contributed by atoms with van der Waals surface area (Å²) in [4.78, 5) is 0.0231. The van der Waals surface area contributed by atoms with E-state index in [0.717, 1.165) is 66.5 Å². The van der Waals surface area contributed by atoms with E-state index >= 15 is 0 Å². The number of piperidine rings is 1. The smallest absolute Gasteiger partial charge is 0.256 e. The Morgan fingerprint density at radius 1 is 0.750 bits per heavy atom. The first-order chi connectivity index (χ1) is 15.3. The summed E-state index contributed by atoms with van der Waals surface area (Å²) >= 11 is 0. The monoisotopic (exact) mass is 478 g/mol. The van der Waals surface area contributed by atoms with Gasteiger partial charge in [-0.1, -0.05) is 54.7 Å². The summed E-state index contributed by atoms with van der Waals surface area (Å²) in [5.41, 5.74) is 2.07. The average Bonchev–Trinajstić information content (AvgIpc) is 2.79. The Morgan fingerprint density at radius 3 is 1.53 bits per heavy atom. The summed E-state index contributed by atoms with van der Waals surface area (Å²) in [6.07, 6.45) is 5.09. The maximum atomic E-state index is 13.6. The standard InChI is InChI=1S/C24H34N2O4S2/c1-3-5-20-7-11-23(12-8-20)31(27,28)26(19-22-15-17-25-18-16-22)32(29,30)24-13-9-21(6-4-2)10-14-24/h7-14,22,25H,3-6,15-19H2,1-2H3. The van der Waals surface area contributed by atoms with Crippen LogP contribution in [0.3, 0.4) is 0 Å². The molecule has 2 aromatic carbocycles. The van der Waals surface area contributed by atoms with E-state index in [0.29, 0.717) is 0 Å². The number of hydrogen-bond donors (Lipinski definition) is 1. The van der Waals surface area contributed by atoms with Gasteiger partial charge in [-0.25, -0.2) is 16.8 Å². The zero-order chi connectivity index (χ0) is 23.2. The number of nitrogens with one attached hydrogen (secondary N) is 1. The molecule has 1 heterocycles. The van der Waals surface area contributed by atoms with Crippen LogP contribution in [0.2, 0.25) is 0 Å². The summed E-state index contributed by atoms with van der Waals surface area (Å²) in [6, 6.07) is 13.2. The molecule has 0 aliphatic carbocycles. The zero-order valence-corrected chi connectivity index (χ0v) is 20.6. The van der Waals surface area contributed by atoms with Crippen LogP contribution in [0.1, 0.15) is 50.7 Å². The summed E-state index contributed by atoms with van der Waals surface area (Å²) in [7, 11) is -8.47. The Hall–Kier alpha value is -1.74. The van der Waals surface area contributed by atoms with E-state index in [1.165, 1.54) is 24.3 Å². The van der Waals surface area contributed by atoms with Crippen LogP contribution in [0, 0.1) is 5.92 Å². The summed E-state index contributed by atoms with van der Waals surface area (Å²) < 4.78 is 55.1. The molecule has 0 amide bonds. The van der Waals surface area contributed by atoms with E-state index in [1.807, 2.05) is 0 Å². The SMILES string of the molecule is CCCc1ccc(S(=O)(=O)N(CC2CCNCC2)S(=O)(=O)c2ccc(CCC)cc2)cc1. The molecule has 1 aliphatic rings. The van der Waals surface area contributed by atoms with Crippen LogP contribution in [0.15, 0.2) is 58.3 Å². The van der Waals surface area contributed by atoms with Crippen molar-refractivity contribution in [2.45, 2.75) is 62.2 Å². The van der Waals surface area contributed by atoms with E-state index in [4.69, 9.17) is 0 Å². The fourth-order valence-corrected chi connectivity index (χ4v) is 7.86. The molecule has 1 fully saturated rings. The van der Waals surface area contributed by atoms with E-state index in [2.05, 4.69) is 19.2 Å². The van der Waals surface area contributed by atoms with Crippen molar-refractivity contribution in [2.75, 3.05) is 19.6 Å². The van der Waals surface area contributed by atoms with Gasteiger partial charge in [0.15, 0.2) is 0 Å². The Balaban J connectivity index is 1.99. The molecule has 1 aliphatic heterocycles. The quantitative estimate of drug-likeness (QED) is 0.559. The molecule has 8 heteroatoms. The molecule has 1 N–H and O–H groups in total. The molecular weight excluding hydrogens is 444 g/mol. The molecule has 0 aromatic heterocycles. The fraction of sp³-hybridized carbons (Fsp3) is 0.500. The summed E-state index contributed by atoms with van der Waals surface area (Å²) in [6.45, 7) is 5.60. The molecule has 0 bridgehead atoms. The number of nitrogens with zero attached hydrogens (tertiary/aromatic N) is 1. The van der Waals surface area contributed by atoms with Gasteiger partial charge in [0.2, 0.25) is 0 Å². The van der Waals surface area contributed by atoms with Crippen LogP contribution in [-0.2, 0) is 32.9 Å². The first-order valence-electron chi connectivity index (χ1n) is 11.5. The molecule has 3 rings (SSSR count). The minimum atomic E-state index is -4.23. The minimum absolute atomic E-state index is 0.0115. The highest BCUT2D eigenvalue weighted by atomic mass is 32.3. The first kappa shape index (κ1) is 24.9. The van der Waals surface area contributed by atoms with Gasteiger partial charge in [0.05, 0.1) is 9.79 Å². The number of hydrogen-bond acceptors (Lipinski definition) is 5. The van der Waals surface area contributed by atoms with Crippen LogP contribution in [-0.4, -0.2) is 40.2 Å². The lowest BCUT2D eigenvalue weighted by molar-refractivity contribution is 0.335. The van der Waals surface area contributed by atoms with E-state index in [1.54, 1.807) is 24.3 Å². The molecule has 32 heavy (non-hydrogen) atoms. The lowest BCUT2D eigenvalue weighted by Crippen LogP contribution is -2.42. The Bertz CT molecular complexity index is 994. The molecule has 0 atom stereocenters. The van der Waals surface area contributed by atoms with Gasteiger partial charge in [0.1, 0.15) is 0 Å². The fourth-order valence-electron chi connectivity index (χ4n) is 4.07. The van der Waals surface area contributed by atoms with Gasteiger partial charge >= 0.3 is 0 Å². The van der Waals surface area contributed by atoms with E-state index in [-0.39, 0.29) is 22.3 Å². The second kappa shape index (κ2) is 10.9. The Labute approximate surface area is 193 Å². The van der Waals surface area contributed by atoms with Crippen LogP contribution >= 0.6 is 0 Å². The topological polar surface area (TPSA) is 83.6 Å². The van der Waals surface area contributed by atoms with Crippen molar-refractivity contribution in [1.29, 1.82) is 0 Å². The minimum Gasteiger partial charge on any atom is -0.317 e. The van der Waals surface area contributed by atoms with Crippen molar-refractivity contribution in [3.05, 3.63) is 59.7 Å². The number of aryl methyl sites for hydroxylation is 2. The third-order valence-corrected chi connectivity index (χ3v) is 10.2. The molecule has 6 nitrogen and oxygen atoms in total. The zero-order valence-electron chi connectivity index (χ0n) is 19.0.